The van der Waals surface area contributed by atoms with Crippen molar-refractivity contribution in [3.05, 3.63) is 51.7 Å². The van der Waals surface area contributed by atoms with Gasteiger partial charge in [-0.05, 0) is 25.6 Å². The number of nitriles is 1. The first kappa shape index (κ1) is 18.9. The van der Waals surface area contributed by atoms with Gasteiger partial charge in [-0.1, -0.05) is 6.07 Å². The molecule has 1 atom stereocenters. The van der Waals surface area contributed by atoms with Gasteiger partial charge in [0, 0.05) is 45.8 Å². The van der Waals surface area contributed by atoms with Gasteiger partial charge in [0.15, 0.2) is 0 Å². The fourth-order valence-corrected chi connectivity index (χ4v) is 3.38. The van der Waals surface area contributed by atoms with Crippen LogP contribution in [0.5, 0.6) is 0 Å². The number of nitrogens with one attached hydrogen (secondary N) is 1. The van der Waals surface area contributed by atoms with E-state index in [2.05, 4.69) is 14.9 Å². The second-order valence-corrected chi connectivity index (χ2v) is 7.00. The number of H-pyrrole nitrogens is 1. The van der Waals surface area contributed by atoms with Crippen LogP contribution in [0.3, 0.4) is 0 Å². The molecule has 1 saturated heterocycles. The van der Waals surface area contributed by atoms with Gasteiger partial charge in [-0.2, -0.15) is 5.26 Å². The number of benzene rings is 1. The number of aromatic amines is 1. The van der Waals surface area contributed by atoms with E-state index in [1.54, 1.807) is 17.0 Å². The Morgan fingerprint density at radius 2 is 2.19 bits per heavy atom. The van der Waals surface area contributed by atoms with Gasteiger partial charge < -0.3 is 9.80 Å². The molecule has 0 aliphatic carbocycles. The van der Waals surface area contributed by atoms with Crippen molar-refractivity contribution in [1.82, 2.24) is 14.9 Å². The molecule has 2 aromatic rings. The molecule has 27 heavy (non-hydrogen) atoms. The third-order valence-corrected chi connectivity index (χ3v) is 4.85. The molecule has 0 bridgehead atoms. The maximum atomic E-state index is 13.9. The highest BCUT2D eigenvalue weighted by atomic mass is 19.1. The van der Waals surface area contributed by atoms with Gasteiger partial charge in [0.25, 0.3) is 5.56 Å². The van der Waals surface area contributed by atoms with Crippen molar-refractivity contribution in [3.63, 3.8) is 0 Å². The fourth-order valence-electron chi connectivity index (χ4n) is 3.38. The molecule has 1 aromatic heterocycles. The van der Waals surface area contributed by atoms with Crippen molar-refractivity contribution in [2.75, 3.05) is 44.0 Å². The lowest BCUT2D eigenvalue weighted by atomic mass is 10.1. The minimum atomic E-state index is -0.490. The topological polar surface area (TPSA) is 79.3 Å². The molecule has 142 valence electrons. The number of nitrogens with zero attached hydrogens (tertiary/aromatic N) is 5. The van der Waals surface area contributed by atoms with E-state index in [0.29, 0.717) is 30.4 Å². The van der Waals surface area contributed by atoms with Crippen LogP contribution in [0.25, 0.3) is 0 Å². The van der Waals surface area contributed by atoms with Gasteiger partial charge in [-0.15, -0.1) is 0 Å². The van der Waals surface area contributed by atoms with Crippen molar-refractivity contribution in [2.24, 2.45) is 0 Å². The van der Waals surface area contributed by atoms with E-state index >= 15 is 0 Å². The maximum absolute atomic E-state index is 13.9. The molecule has 1 aliphatic heterocycles. The summed E-state index contributed by atoms with van der Waals surface area (Å²) in [4.78, 5) is 25.0. The summed E-state index contributed by atoms with van der Waals surface area (Å²) in [6, 6.07) is 8.42. The highest BCUT2D eigenvalue weighted by Gasteiger charge is 2.28. The molecule has 0 amide bonds. The average molecular weight is 370 g/mol. The summed E-state index contributed by atoms with van der Waals surface area (Å²) in [6.07, 6.45) is 0.890. The monoisotopic (exact) mass is 370 g/mol. The third kappa shape index (κ3) is 4.09. The minimum Gasteiger partial charge on any atom is -0.369 e. The van der Waals surface area contributed by atoms with Crippen LogP contribution >= 0.6 is 0 Å². The Morgan fingerprint density at radius 3 is 2.89 bits per heavy atom. The normalized spacial score (nSPS) is 16.6. The summed E-state index contributed by atoms with van der Waals surface area (Å²) in [5, 5.41) is 9.25. The summed E-state index contributed by atoms with van der Waals surface area (Å²) < 4.78 is 13.9. The lowest BCUT2D eigenvalue weighted by molar-refractivity contribution is 0.247. The van der Waals surface area contributed by atoms with Gasteiger partial charge in [-0.3, -0.25) is 14.7 Å². The van der Waals surface area contributed by atoms with Crippen LogP contribution in [0, 0.1) is 17.1 Å². The first-order valence-electron chi connectivity index (χ1n) is 8.80. The predicted octanol–water partition coefficient (Wildman–Crippen LogP) is 1.56. The zero-order valence-corrected chi connectivity index (χ0v) is 15.7. The largest absolute Gasteiger partial charge is 0.369 e. The van der Waals surface area contributed by atoms with Gasteiger partial charge in [0.1, 0.15) is 17.4 Å². The lowest BCUT2D eigenvalue weighted by Gasteiger charge is -2.25. The molecule has 1 fully saturated rings. The Balaban J connectivity index is 1.72. The van der Waals surface area contributed by atoms with Crippen LogP contribution in [-0.4, -0.2) is 55.1 Å². The van der Waals surface area contributed by atoms with E-state index in [0.717, 1.165) is 13.0 Å². The Morgan fingerprint density at radius 1 is 1.41 bits per heavy atom. The van der Waals surface area contributed by atoms with E-state index < -0.39 is 5.82 Å². The molecule has 3 rings (SSSR count). The number of rotatable bonds is 5. The number of hydrogen-bond acceptors (Lipinski definition) is 6. The molecule has 7 nitrogen and oxygen atoms in total. The smallest absolute Gasteiger partial charge is 0.252 e. The highest BCUT2D eigenvalue weighted by molar-refractivity contribution is 5.60. The van der Waals surface area contributed by atoms with E-state index in [9.17, 15) is 14.4 Å². The molecule has 2 heterocycles. The molecule has 8 heteroatoms. The zero-order chi connectivity index (χ0) is 19.6. The molecule has 0 unspecified atom stereocenters. The molecular weight excluding hydrogens is 347 g/mol. The zero-order valence-electron chi connectivity index (χ0n) is 15.7. The Hall–Kier alpha value is -2.92. The second kappa shape index (κ2) is 7.76. The molecular formula is C19H23FN6O. The third-order valence-electron chi connectivity index (χ3n) is 4.85. The van der Waals surface area contributed by atoms with Crippen LogP contribution in [0.15, 0.2) is 29.1 Å². The van der Waals surface area contributed by atoms with E-state index in [4.69, 9.17) is 0 Å². The van der Waals surface area contributed by atoms with Crippen LogP contribution < -0.4 is 15.4 Å². The number of likely N-dealkylation sites (N-methyl/N-ethyl adjacent to an activating group) is 1. The van der Waals surface area contributed by atoms with Crippen LogP contribution in [0.4, 0.5) is 16.0 Å². The Kier molecular flexibility index (Phi) is 5.42. The number of halogens is 1. The van der Waals surface area contributed by atoms with Crippen LogP contribution in [0.1, 0.15) is 17.7 Å². The van der Waals surface area contributed by atoms with Gasteiger partial charge >= 0.3 is 0 Å². The minimum absolute atomic E-state index is 0.0905. The number of aromatic nitrogens is 2. The molecule has 1 aromatic carbocycles. The number of hydrogen-bond donors (Lipinski definition) is 1. The second-order valence-electron chi connectivity index (χ2n) is 7.00. The molecule has 0 radical (unpaired) electrons. The van der Waals surface area contributed by atoms with Crippen molar-refractivity contribution in [2.45, 2.75) is 19.0 Å². The van der Waals surface area contributed by atoms with E-state index in [1.165, 1.54) is 12.1 Å². The highest BCUT2D eigenvalue weighted by Crippen LogP contribution is 2.27. The van der Waals surface area contributed by atoms with Crippen molar-refractivity contribution >= 4 is 11.6 Å². The predicted molar refractivity (Wildman–Crippen MR) is 102 cm³/mol. The van der Waals surface area contributed by atoms with Gasteiger partial charge in [0.2, 0.25) is 5.95 Å². The van der Waals surface area contributed by atoms with E-state index in [1.807, 2.05) is 32.1 Å². The first-order chi connectivity index (χ1) is 12.9. The Bertz CT molecular complexity index is 919. The fraction of sp³-hybridized carbons (Fsp3) is 0.421. The Labute approximate surface area is 157 Å². The average Bonchev–Trinajstić information content (AvgIpc) is 3.11. The van der Waals surface area contributed by atoms with Crippen molar-refractivity contribution < 1.29 is 4.39 Å². The maximum Gasteiger partial charge on any atom is 0.252 e. The van der Waals surface area contributed by atoms with Crippen molar-refractivity contribution in [3.8, 4) is 6.07 Å². The summed E-state index contributed by atoms with van der Waals surface area (Å²) >= 11 is 0. The molecule has 0 saturated carbocycles. The van der Waals surface area contributed by atoms with E-state index in [-0.39, 0.29) is 17.2 Å². The summed E-state index contributed by atoms with van der Waals surface area (Å²) in [7, 11) is 5.64. The molecule has 0 spiro atoms. The van der Waals surface area contributed by atoms with Gasteiger partial charge in [0.05, 0.1) is 11.4 Å². The first-order valence-corrected chi connectivity index (χ1v) is 8.80. The van der Waals surface area contributed by atoms with Crippen molar-refractivity contribution in [1.29, 1.82) is 5.26 Å². The van der Waals surface area contributed by atoms with Gasteiger partial charge in [-0.25, -0.2) is 9.37 Å². The lowest BCUT2D eigenvalue weighted by Crippen LogP contribution is -2.35. The number of anilines is 2. The van der Waals surface area contributed by atoms with Crippen LogP contribution in [-0.2, 0) is 6.54 Å². The summed E-state index contributed by atoms with van der Waals surface area (Å²) in [6.45, 7) is 1.98. The SMILES string of the molecule is CN(C)c1nc(CN(C)[C@@H]2CCN(c3cccc(F)c3C#N)C2)cc(=O)[nH]1. The summed E-state index contributed by atoms with van der Waals surface area (Å²) in [5.41, 5.74) is 1.25. The molecule has 1 aliphatic rings. The van der Waals surface area contributed by atoms with Crippen LogP contribution in [0.2, 0.25) is 0 Å². The summed E-state index contributed by atoms with van der Waals surface area (Å²) in [5.74, 6) is 0.0353. The molecule has 1 N–H and O–H groups in total. The quantitative estimate of drug-likeness (QED) is 0.860. The standard InChI is InChI=1S/C19H23FN6O/c1-24(2)19-22-13(9-18(27)23-19)11-25(3)14-7-8-26(12-14)17-6-4-5-16(20)15(17)10-21/h4-6,9,14H,7-8,11-12H2,1-3H3,(H,22,23,27)/t14-/m1/s1.